The molecule has 3 aromatic rings. The molecule has 6 heteroatoms. The summed E-state index contributed by atoms with van der Waals surface area (Å²) in [5.74, 6) is 0.143. The highest BCUT2D eigenvalue weighted by Gasteiger charge is 2.41. The fourth-order valence-corrected chi connectivity index (χ4v) is 4.26. The van der Waals surface area contributed by atoms with Gasteiger partial charge in [0.05, 0.1) is 6.61 Å². The molecule has 1 saturated heterocycles. The number of hydrogen-bond donors (Lipinski definition) is 1. The number of aliphatic hydroxyl groups is 1. The zero-order valence-electron chi connectivity index (χ0n) is 18.1. The van der Waals surface area contributed by atoms with E-state index in [2.05, 4.69) is 14.9 Å². The molecule has 4 rings (SSSR count). The molecule has 1 aliphatic rings. The highest BCUT2D eigenvalue weighted by atomic mass is 16.5. The van der Waals surface area contributed by atoms with Crippen LogP contribution in [0.1, 0.15) is 42.1 Å². The predicted octanol–water partition coefficient (Wildman–Crippen LogP) is 3.53. The van der Waals surface area contributed by atoms with Gasteiger partial charge in [-0.05, 0) is 49.5 Å². The minimum Gasteiger partial charge on any atom is -0.463 e. The lowest BCUT2D eigenvalue weighted by Crippen LogP contribution is -2.39. The van der Waals surface area contributed by atoms with Crippen LogP contribution in [0.5, 0.6) is 0 Å². The summed E-state index contributed by atoms with van der Waals surface area (Å²) in [5, 5.41) is 11.5. The Hall–Kier alpha value is -3.09. The number of rotatable bonds is 9. The van der Waals surface area contributed by atoms with Crippen molar-refractivity contribution in [2.75, 3.05) is 26.2 Å². The van der Waals surface area contributed by atoms with Gasteiger partial charge in [0, 0.05) is 24.9 Å². The molecule has 1 fully saturated rings. The molecule has 1 atom stereocenters. The summed E-state index contributed by atoms with van der Waals surface area (Å²) in [6.45, 7) is 3.16. The Kier molecular flexibility index (Phi) is 7.24. The molecule has 2 heterocycles. The lowest BCUT2D eigenvalue weighted by atomic mass is 9.86. The second-order valence-electron chi connectivity index (χ2n) is 8.18. The Labute approximate surface area is 188 Å². The highest BCUT2D eigenvalue weighted by molar-refractivity contribution is 5.85. The Morgan fingerprint density at radius 1 is 0.938 bits per heavy atom. The molecule has 32 heavy (non-hydrogen) atoms. The van der Waals surface area contributed by atoms with Crippen LogP contribution in [-0.4, -0.2) is 52.2 Å². The molecule has 0 saturated carbocycles. The molecule has 0 unspecified atom stereocenters. The Bertz CT molecular complexity index is 937. The fourth-order valence-electron chi connectivity index (χ4n) is 4.26. The van der Waals surface area contributed by atoms with E-state index in [1.165, 1.54) is 12.8 Å². The molecule has 0 aliphatic carbocycles. The van der Waals surface area contributed by atoms with Crippen molar-refractivity contribution in [3.05, 3.63) is 96.1 Å². The number of carbonyl (C=O) groups is 1. The summed E-state index contributed by atoms with van der Waals surface area (Å²) in [5.41, 5.74) is -0.900. The molecule has 0 spiro atoms. The van der Waals surface area contributed by atoms with Gasteiger partial charge in [-0.2, -0.15) is 0 Å². The van der Waals surface area contributed by atoms with Crippen molar-refractivity contribution in [2.45, 2.75) is 30.8 Å². The number of ether oxygens (including phenoxy) is 1. The second kappa shape index (κ2) is 10.5. The van der Waals surface area contributed by atoms with Crippen LogP contribution in [0.25, 0.3) is 0 Å². The first kappa shape index (κ1) is 22.1. The minimum absolute atomic E-state index is 0.0589. The van der Waals surface area contributed by atoms with Crippen molar-refractivity contribution in [3.63, 3.8) is 0 Å². The zero-order valence-corrected chi connectivity index (χ0v) is 18.1. The van der Waals surface area contributed by atoms with E-state index in [4.69, 9.17) is 4.74 Å². The summed E-state index contributed by atoms with van der Waals surface area (Å²) in [7, 11) is 0. The molecule has 0 amide bonds. The van der Waals surface area contributed by atoms with E-state index in [0.717, 1.165) is 25.5 Å². The molecule has 1 aromatic heterocycles. The monoisotopic (exact) mass is 431 g/mol. The number of esters is 1. The number of benzene rings is 2. The van der Waals surface area contributed by atoms with E-state index >= 15 is 0 Å². The average molecular weight is 432 g/mol. The Balaban J connectivity index is 1.48. The first-order chi connectivity index (χ1) is 15.7. The van der Waals surface area contributed by atoms with Gasteiger partial charge in [0.1, 0.15) is 5.82 Å². The number of aromatic nitrogens is 2. The van der Waals surface area contributed by atoms with Gasteiger partial charge in [-0.3, -0.25) is 0 Å². The van der Waals surface area contributed by atoms with Crippen molar-refractivity contribution >= 4 is 5.97 Å². The summed E-state index contributed by atoms with van der Waals surface area (Å²) in [4.78, 5) is 24.5. The van der Waals surface area contributed by atoms with Crippen molar-refractivity contribution in [1.29, 1.82) is 0 Å². The zero-order chi connectivity index (χ0) is 22.2. The molecular weight excluding hydrogens is 402 g/mol. The topological polar surface area (TPSA) is 75.5 Å². The summed E-state index contributed by atoms with van der Waals surface area (Å²) >= 11 is 0. The third kappa shape index (κ3) is 5.03. The molecule has 1 aliphatic heterocycles. The summed E-state index contributed by atoms with van der Waals surface area (Å²) in [6, 6.07) is 19.7. The second-order valence-corrected chi connectivity index (χ2v) is 8.18. The highest BCUT2D eigenvalue weighted by Crippen LogP contribution is 2.31. The quantitative estimate of drug-likeness (QED) is 0.523. The van der Waals surface area contributed by atoms with Crippen LogP contribution in [0.3, 0.4) is 0 Å². The van der Waals surface area contributed by atoms with Crippen LogP contribution in [0.4, 0.5) is 0 Å². The van der Waals surface area contributed by atoms with Crippen LogP contribution in [-0.2, 0) is 15.1 Å². The van der Waals surface area contributed by atoms with Gasteiger partial charge >= 0.3 is 5.97 Å². The maximum atomic E-state index is 13.2. The van der Waals surface area contributed by atoms with Crippen LogP contribution >= 0.6 is 0 Å². The van der Waals surface area contributed by atoms with Crippen molar-refractivity contribution in [3.8, 4) is 0 Å². The van der Waals surface area contributed by atoms with Crippen LogP contribution in [0.15, 0.2) is 79.1 Å². The van der Waals surface area contributed by atoms with Gasteiger partial charge in [-0.15, -0.1) is 0 Å². The fraction of sp³-hybridized carbons (Fsp3) is 0.346. The first-order valence-corrected chi connectivity index (χ1v) is 11.2. The SMILES string of the molecule is O=C(OCC[C@@H](CN1CCCC1)c1ncccn1)C(O)(c1ccccc1)c1ccccc1. The third-order valence-electron chi connectivity index (χ3n) is 6.01. The molecule has 0 radical (unpaired) electrons. The predicted molar refractivity (Wildman–Crippen MR) is 122 cm³/mol. The Morgan fingerprint density at radius 3 is 2.06 bits per heavy atom. The minimum atomic E-state index is -1.86. The molecule has 2 aromatic carbocycles. The average Bonchev–Trinajstić information content (AvgIpc) is 3.37. The normalized spacial score (nSPS) is 15.4. The van der Waals surface area contributed by atoms with Gasteiger partial charge in [0.25, 0.3) is 0 Å². The van der Waals surface area contributed by atoms with E-state index in [0.29, 0.717) is 17.5 Å². The standard InChI is InChI=1S/C26H29N3O3/c30-25(26(31,22-10-3-1-4-11-22)23-12-5-2-6-13-23)32-19-14-21(20-29-17-7-8-18-29)24-27-15-9-16-28-24/h1-6,9-13,15-16,21,31H,7-8,14,17-20H2/t21-/m0/s1. The van der Waals surface area contributed by atoms with Crippen molar-refractivity contribution < 1.29 is 14.6 Å². The molecule has 166 valence electrons. The van der Waals surface area contributed by atoms with Crippen LogP contribution < -0.4 is 0 Å². The van der Waals surface area contributed by atoms with E-state index < -0.39 is 11.6 Å². The molecule has 0 bridgehead atoms. The van der Waals surface area contributed by atoms with Gasteiger partial charge in [0.15, 0.2) is 0 Å². The summed E-state index contributed by atoms with van der Waals surface area (Å²) < 4.78 is 5.67. The van der Waals surface area contributed by atoms with E-state index in [-0.39, 0.29) is 12.5 Å². The van der Waals surface area contributed by atoms with Crippen LogP contribution in [0.2, 0.25) is 0 Å². The van der Waals surface area contributed by atoms with Crippen molar-refractivity contribution in [1.82, 2.24) is 14.9 Å². The Morgan fingerprint density at radius 2 is 1.50 bits per heavy atom. The molecule has 6 nitrogen and oxygen atoms in total. The van der Waals surface area contributed by atoms with Gasteiger partial charge in [-0.1, -0.05) is 60.7 Å². The maximum Gasteiger partial charge on any atom is 0.347 e. The first-order valence-electron chi connectivity index (χ1n) is 11.2. The summed E-state index contributed by atoms with van der Waals surface area (Å²) in [6.07, 6.45) is 6.49. The van der Waals surface area contributed by atoms with E-state index in [1.807, 2.05) is 12.1 Å². The maximum absolute atomic E-state index is 13.2. The number of nitrogens with zero attached hydrogens (tertiary/aromatic N) is 3. The van der Waals surface area contributed by atoms with Gasteiger partial charge in [-0.25, -0.2) is 14.8 Å². The van der Waals surface area contributed by atoms with E-state index in [1.54, 1.807) is 67.0 Å². The molecular formula is C26H29N3O3. The lowest BCUT2D eigenvalue weighted by molar-refractivity contribution is -0.162. The number of carbonyl (C=O) groups excluding carboxylic acids is 1. The number of likely N-dealkylation sites (tertiary alicyclic amines) is 1. The van der Waals surface area contributed by atoms with E-state index in [9.17, 15) is 9.90 Å². The molecule has 1 N–H and O–H groups in total. The van der Waals surface area contributed by atoms with Crippen molar-refractivity contribution in [2.24, 2.45) is 0 Å². The lowest BCUT2D eigenvalue weighted by Gasteiger charge is -2.28. The van der Waals surface area contributed by atoms with Crippen LogP contribution in [0, 0.1) is 0 Å². The van der Waals surface area contributed by atoms with Gasteiger partial charge < -0.3 is 14.7 Å². The number of hydrogen-bond acceptors (Lipinski definition) is 6. The van der Waals surface area contributed by atoms with Gasteiger partial charge in [0.2, 0.25) is 5.60 Å². The smallest absolute Gasteiger partial charge is 0.347 e. The third-order valence-corrected chi connectivity index (χ3v) is 6.01. The largest absolute Gasteiger partial charge is 0.463 e.